The van der Waals surface area contributed by atoms with Gasteiger partial charge < -0.3 is 10.6 Å². The van der Waals surface area contributed by atoms with Crippen LogP contribution in [0.2, 0.25) is 0 Å². The summed E-state index contributed by atoms with van der Waals surface area (Å²) < 4.78 is 0. The molecule has 0 atom stereocenters. The van der Waals surface area contributed by atoms with E-state index in [2.05, 4.69) is 66.5 Å². The SMILES string of the molecule is CC(C)c1cccc(C(C)C)c1NC(=O)c1ccnc(NC2CC2)n1. The van der Waals surface area contributed by atoms with E-state index >= 15 is 0 Å². The molecule has 5 heteroatoms. The number of rotatable bonds is 6. The molecule has 1 heterocycles. The van der Waals surface area contributed by atoms with E-state index in [0.29, 0.717) is 29.5 Å². The normalized spacial score (nSPS) is 14.0. The van der Waals surface area contributed by atoms with Crippen LogP contribution in [0.5, 0.6) is 0 Å². The van der Waals surface area contributed by atoms with Crippen molar-refractivity contribution in [3.63, 3.8) is 0 Å². The van der Waals surface area contributed by atoms with Crippen molar-refractivity contribution >= 4 is 17.5 Å². The molecular weight excluding hydrogens is 312 g/mol. The van der Waals surface area contributed by atoms with Crippen LogP contribution in [-0.2, 0) is 0 Å². The number of carbonyl (C=O) groups is 1. The highest BCUT2D eigenvalue weighted by molar-refractivity contribution is 6.04. The van der Waals surface area contributed by atoms with Gasteiger partial charge in [-0.2, -0.15) is 0 Å². The van der Waals surface area contributed by atoms with Gasteiger partial charge in [0, 0.05) is 17.9 Å². The Balaban J connectivity index is 1.87. The summed E-state index contributed by atoms with van der Waals surface area (Å²) in [6.45, 7) is 8.55. The number of nitrogens with one attached hydrogen (secondary N) is 2. The summed E-state index contributed by atoms with van der Waals surface area (Å²) in [4.78, 5) is 21.4. The molecule has 2 aromatic rings. The lowest BCUT2D eigenvalue weighted by atomic mass is 9.92. The van der Waals surface area contributed by atoms with Crippen LogP contribution in [0.15, 0.2) is 30.5 Å². The number of anilines is 2. The molecule has 3 rings (SSSR count). The minimum Gasteiger partial charge on any atom is -0.351 e. The number of hydrogen-bond acceptors (Lipinski definition) is 4. The molecule has 0 unspecified atom stereocenters. The highest BCUT2D eigenvalue weighted by Gasteiger charge is 2.23. The molecule has 1 amide bonds. The minimum atomic E-state index is -0.198. The number of nitrogens with zero attached hydrogens (tertiary/aromatic N) is 2. The Morgan fingerprint density at radius 1 is 1.08 bits per heavy atom. The lowest BCUT2D eigenvalue weighted by Crippen LogP contribution is -2.18. The maximum absolute atomic E-state index is 12.8. The van der Waals surface area contributed by atoms with Gasteiger partial charge in [0.25, 0.3) is 5.91 Å². The highest BCUT2D eigenvalue weighted by Crippen LogP contribution is 2.32. The molecule has 1 fully saturated rings. The number of para-hydroxylation sites is 1. The van der Waals surface area contributed by atoms with Gasteiger partial charge in [0.2, 0.25) is 5.95 Å². The number of amides is 1. The van der Waals surface area contributed by atoms with Gasteiger partial charge in [-0.15, -0.1) is 0 Å². The molecule has 1 aromatic carbocycles. The molecule has 0 spiro atoms. The molecule has 1 saturated carbocycles. The Kier molecular flexibility index (Phi) is 5.02. The van der Waals surface area contributed by atoms with Crippen molar-refractivity contribution in [3.8, 4) is 0 Å². The van der Waals surface area contributed by atoms with Crippen LogP contribution in [0.25, 0.3) is 0 Å². The van der Waals surface area contributed by atoms with Gasteiger partial charge in [0.1, 0.15) is 5.69 Å². The van der Waals surface area contributed by atoms with Gasteiger partial charge in [-0.1, -0.05) is 45.9 Å². The summed E-state index contributed by atoms with van der Waals surface area (Å²) in [5.74, 6) is 0.977. The molecule has 25 heavy (non-hydrogen) atoms. The van der Waals surface area contributed by atoms with Crippen LogP contribution in [-0.4, -0.2) is 21.9 Å². The molecule has 0 aliphatic heterocycles. The van der Waals surface area contributed by atoms with Gasteiger partial charge in [0.05, 0.1) is 0 Å². The van der Waals surface area contributed by atoms with Gasteiger partial charge in [-0.3, -0.25) is 4.79 Å². The first-order chi connectivity index (χ1) is 12.0. The fourth-order valence-corrected chi connectivity index (χ4v) is 2.84. The van der Waals surface area contributed by atoms with Crippen LogP contribution in [0, 0.1) is 0 Å². The first-order valence-electron chi connectivity index (χ1n) is 8.99. The largest absolute Gasteiger partial charge is 0.351 e. The summed E-state index contributed by atoms with van der Waals surface area (Å²) in [6, 6.07) is 8.31. The average molecular weight is 338 g/mol. The van der Waals surface area contributed by atoms with Gasteiger partial charge in [-0.25, -0.2) is 9.97 Å². The first kappa shape index (κ1) is 17.4. The van der Waals surface area contributed by atoms with Crippen LogP contribution in [0.3, 0.4) is 0 Å². The Hall–Kier alpha value is -2.43. The van der Waals surface area contributed by atoms with Gasteiger partial charge >= 0.3 is 0 Å². The second kappa shape index (κ2) is 7.21. The van der Waals surface area contributed by atoms with Crippen molar-refractivity contribution in [1.29, 1.82) is 0 Å². The van der Waals surface area contributed by atoms with Crippen molar-refractivity contribution < 1.29 is 4.79 Å². The maximum Gasteiger partial charge on any atom is 0.274 e. The molecule has 5 nitrogen and oxygen atoms in total. The standard InChI is InChI=1S/C20H26N4O/c1-12(2)15-6-5-7-16(13(3)4)18(15)24-19(25)17-10-11-21-20(23-17)22-14-8-9-14/h5-7,10-14H,8-9H2,1-4H3,(H,24,25)(H,21,22,23). The zero-order valence-electron chi connectivity index (χ0n) is 15.3. The van der Waals surface area contributed by atoms with E-state index in [1.54, 1.807) is 12.3 Å². The van der Waals surface area contributed by atoms with E-state index in [4.69, 9.17) is 0 Å². The van der Waals surface area contributed by atoms with Crippen molar-refractivity contribution in [2.24, 2.45) is 0 Å². The third-order valence-corrected chi connectivity index (χ3v) is 4.41. The van der Waals surface area contributed by atoms with Crippen molar-refractivity contribution in [1.82, 2.24) is 9.97 Å². The molecule has 1 aliphatic rings. The number of benzene rings is 1. The summed E-state index contributed by atoms with van der Waals surface area (Å²) >= 11 is 0. The summed E-state index contributed by atoms with van der Waals surface area (Å²) in [6.07, 6.45) is 3.91. The lowest BCUT2D eigenvalue weighted by molar-refractivity contribution is 0.102. The molecule has 0 saturated heterocycles. The van der Waals surface area contributed by atoms with E-state index in [1.807, 2.05) is 0 Å². The average Bonchev–Trinajstić information content (AvgIpc) is 3.38. The van der Waals surface area contributed by atoms with Crippen molar-refractivity contribution in [2.75, 3.05) is 10.6 Å². The fraction of sp³-hybridized carbons (Fsp3) is 0.450. The Bertz CT molecular complexity index is 740. The molecule has 1 aliphatic carbocycles. The molecule has 0 radical (unpaired) electrons. The second-order valence-corrected chi connectivity index (χ2v) is 7.26. The number of aromatic nitrogens is 2. The zero-order valence-corrected chi connectivity index (χ0v) is 15.3. The first-order valence-corrected chi connectivity index (χ1v) is 8.99. The highest BCUT2D eigenvalue weighted by atomic mass is 16.1. The molecule has 0 bridgehead atoms. The van der Waals surface area contributed by atoms with Crippen molar-refractivity contribution in [3.05, 3.63) is 47.3 Å². The van der Waals surface area contributed by atoms with Crippen LogP contribution in [0.4, 0.5) is 11.6 Å². The Morgan fingerprint density at radius 3 is 2.28 bits per heavy atom. The van der Waals surface area contributed by atoms with Gasteiger partial charge in [-0.05, 0) is 41.9 Å². The van der Waals surface area contributed by atoms with Gasteiger partial charge in [0.15, 0.2) is 0 Å². The molecular formula is C20H26N4O. The molecule has 2 N–H and O–H groups in total. The topological polar surface area (TPSA) is 66.9 Å². The van der Waals surface area contributed by atoms with E-state index in [9.17, 15) is 4.79 Å². The predicted octanol–water partition coefficient (Wildman–Crippen LogP) is 4.55. The summed E-state index contributed by atoms with van der Waals surface area (Å²) in [5, 5.41) is 6.33. The monoisotopic (exact) mass is 338 g/mol. The van der Waals surface area contributed by atoms with E-state index in [0.717, 1.165) is 29.7 Å². The molecule has 1 aromatic heterocycles. The third-order valence-electron chi connectivity index (χ3n) is 4.41. The van der Waals surface area contributed by atoms with E-state index in [-0.39, 0.29) is 5.91 Å². The van der Waals surface area contributed by atoms with Crippen LogP contribution >= 0.6 is 0 Å². The number of carbonyl (C=O) groups excluding carboxylic acids is 1. The Morgan fingerprint density at radius 2 is 1.72 bits per heavy atom. The predicted molar refractivity (Wildman–Crippen MR) is 101 cm³/mol. The zero-order chi connectivity index (χ0) is 18.0. The van der Waals surface area contributed by atoms with Crippen LogP contribution < -0.4 is 10.6 Å². The molecule has 132 valence electrons. The van der Waals surface area contributed by atoms with Crippen LogP contribution in [0.1, 0.15) is 74.0 Å². The third kappa shape index (κ3) is 4.16. The quantitative estimate of drug-likeness (QED) is 0.811. The Labute approximate surface area is 149 Å². The van der Waals surface area contributed by atoms with Crippen molar-refractivity contribution in [2.45, 2.75) is 58.4 Å². The summed E-state index contributed by atoms with van der Waals surface area (Å²) in [7, 11) is 0. The smallest absolute Gasteiger partial charge is 0.274 e. The summed E-state index contributed by atoms with van der Waals surface area (Å²) in [5.41, 5.74) is 3.58. The second-order valence-electron chi connectivity index (χ2n) is 7.26. The fourth-order valence-electron chi connectivity index (χ4n) is 2.84. The maximum atomic E-state index is 12.8. The van der Waals surface area contributed by atoms with E-state index < -0.39 is 0 Å². The minimum absolute atomic E-state index is 0.198. The lowest BCUT2D eigenvalue weighted by Gasteiger charge is -2.20. The number of hydrogen-bond donors (Lipinski definition) is 2. The van der Waals surface area contributed by atoms with E-state index in [1.165, 1.54) is 0 Å².